The van der Waals surface area contributed by atoms with Crippen LogP contribution < -0.4 is 0 Å². The molecular formula is C11H20O3. The number of esters is 1. The molecule has 0 fully saturated rings. The SMILES string of the molecule is CCCC/C(=C/C(=O)OCC)OCC. The van der Waals surface area contributed by atoms with Crippen molar-refractivity contribution in [3.8, 4) is 0 Å². The standard InChI is InChI=1S/C11H20O3/c1-4-7-8-10(13-5-2)9-11(12)14-6-3/h9H,4-8H2,1-3H3/b10-9-. The lowest BCUT2D eigenvalue weighted by Crippen LogP contribution is -2.03. The Bertz CT molecular complexity index is 185. The zero-order chi connectivity index (χ0) is 10.8. The lowest BCUT2D eigenvalue weighted by atomic mass is 10.2. The van der Waals surface area contributed by atoms with Crippen LogP contribution in [0.2, 0.25) is 0 Å². The van der Waals surface area contributed by atoms with Gasteiger partial charge in [0.1, 0.15) is 5.76 Å². The topological polar surface area (TPSA) is 35.5 Å². The second-order valence-corrected chi connectivity index (χ2v) is 2.90. The van der Waals surface area contributed by atoms with Gasteiger partial charge in [0.2, 0.25) is 0 Å². The molecule has 0 aromatic carbocycles. The molecule has 0 heterocycles. The van der Waals surface area contributed by atoms with Crippen LogP contribution in [0.1, 0.15) is 40.0 Å². The molecule has 0 saturated carbocycles. The van der Waals surface area contributed by atoms with E-state index in [-0.39, 0.29) is 5.97 Å². The maximum Gasteiger partial charge on any atom is 0.334 e. The molecule has 14 heavy (non-hydrogen) atoms. The number of hydrogen-bond acceptors (Lipinski definition) is 3. The highest BCUT2D eigenvalue weighted by Crippen LogP contribution is 2.09. The molecule has 0 unspecified atom stereocenters. The van der Waals surface area contributed by atoms with Crippen molar-refractivity contribution in [3.05, 3.63) is 11.8 Å². The number of ether oxygens (including phenoxy) is 2. The van der Waals surface area contributed by atoms with Gasteiger partial charge in [0, 0.05) is 6.42 Å². The first-order valence-corrected chi connectivity index (χ1v) is 5.24. The second kappa shape index (κ2) is 8.60. The van der Waals surface area contributed by atoms with Crippen LogP contribution in [0.3, 0.4) is 0 Å². The Hall–Kier alpha value is -0.990. The molecule has 0 aliphatic rings. The number of carbonyl (C=O) groups excluding carboxylic acids is 1. The van der Waals surface area contributed by atoms with Gasteiger partial charge in [-0.2, -0.15) is 0 Å². The molecular weight excluding hydrogens is 180 g/mol. The molecule has 0 atom stereocenters. The highest BCUT2D eigenvalue weighted by atomic mass is 16.5. The van der Waals surface area contributed by atoms with E-state index in [1.807, 2.05) is 6.92 Å². The lowest BCUT2D eigenvalue weighted by molar-refractivity contribution is -0.137. The molecule has 3 nitrogen and oxygen atoms in total. The zero-order valence-electron chi connectivity index (χ0n) is 9.34. The van der Waals surface area contributed by atoms with E-state index in [1.165, 1.54) is 6.08 Å². The predicted molar refractivity (Wildman–Crippen MR) is 55.9 cm³/mol. The fraction of sp³-hybridized carbons (Fsp3) is 0.727. The summed E-state index contributed by atoms with van der Waals surface area (Å²) in [4.78, 5) is 11.1. The molecule has 0 aromatic heterocycles. The van der Waals surface area contributed by atoms with E-state index in [9.17, 15) is 4.79 Å². The second-order valence-electron chi connectivity index (χ2n) is 2.90. The Labute approximate surface area is 86.1 Å². The molecule has 0 rings (SSSR count). The highest BCUT2D eigenvalue weighted by molar-refractivity contribution is 5.82. The van der Waals surface area contributed by atoms with Gasteiger partial charge in [-0.1, -0.05) is 13.3 Å². The summed E-state index contributed by atoms with van der Waals surface area (Å²) in [5, 5.41) is 0. The van der Waals surface area contributed by atoms with Crippen LogP contribution in [0.5, 0.6) is 0 Å². The molecule has 0 radical (unpaired) electrons. The van der Waals surface area contributed by atoms with Gasteiger partial charge in [-0.3, -0.25) is 0 Å². The first kappa shape index (κ1) is 13.0. The normalized spacial score (nSPS) is 11.2. The van der Waals surface area contributed by atoms with Crippen LogP contribution in [0, 0.1) is 0 Å². The average molecular weight is 200 g/mol. The summed E-state index contributed by atoms with van der Waals surface area (Å²) in [6.45, 7) is 6.80. The van der Waals surface area contributed by atoms with Crippen molar-refractivity contribution >= 4 is 5.97 Å². The van der Waals surface area contributed by atoms with Gasteiger partial charge in [0.05, 0.1) is 19.3 Å². The largest absolute Gasteiger partial charge is 0.498 e. The quantitative estimate of drug-likeness (QED) is 0.360. The zero-order valence-corrected chi connectivity index (χ0v) is 9.34. The van der Waals surface area contributed by atoms with Gasteiger partial charge < -0.3 is 9.47 Å². The molecule has 0 amide bonds. The smallest absolute Gasteiger partial charge is 0.334 e. The summed E-state index contributed by atoms with van der Waals surface area (Å²) in [7, 11) is 0. The van der Waals surface area contributed by atoms with E-state index in [2.05, 4.69) is 6.92 Å². The van der Waals surface area contributed by atoms with E-state index >= 15 is 0 Å². The van der Waals surface area contributed by atoms with Gasteiger partial charge in [0.15, 0.2) is 0 Å². The molecule has 0 saturated heterocycles. The van der Waals surface area contributed by atoms with Gasteiger partial charge >= 0.3 is 5.97 Å². The van der Waals surface area contributed by atoms with Crippen molar-refractivity contribution in [1.29, 1.82) is 0 Å². The minimum absolute atomic E-state index is 0.313. The van der Waals surface area contributed by atoms with Gasteiger partial charge in [0.25, 0.3) is 0 Å². The number of unbranched alkanes of at least 4 members (excludes halogenated alkanes) is 1. The summed E-state index contributed by atoms with van der Waals surface area (Å²) < 4.78 is 10.1. The van der Waals surface area contributed by atoms with Gasteiger partial charge in [-0.25, -0.2) is 4.79 Å². The van der Waals surface area contributed by atoms with Crippen LogP contribution in [-0.2, 0) is 14.3 Å². The maximum atomic E-state index is 11.1. The number of rotatable bonds is 7. The van der Waals surface area contributed by atoms with Crippen molar-refractivity contribution < 1.29 is 14.3 Å². The fourth-order valence-electron chi connectivity index (χ4n) is 1.04. The van der Waals surface area contributed by atoms with Gasteiger partial charge in [-0.15, -0.1) is 0 Å². The highest BCUT2D eigenvalue weighted by Gasteiger charge is 2.02. The summed E-state index contributed by atoms with van der Waals surface area (Å²) in [6, 6.07) is 0. The van der Waals surface area contributed by atoms with Crippen LogP contribution >= 0.6 is 0 Å². The monoisotopic (exact) mass is 200 g/mol. The van der Waals surface area contributed by atoms with E-state index in [1.54, 1.807) is 6.92 Å². The van der Waals surface area contributed by atoms with Crippen LogP contribution in [0.15, 0.2) is 11.8 Å². The minimum atomic E-state index is -0.313. The number of hydrogen-bond donors (Lipinski definition) is 0. The first-order valence-electron chi connectivity index (χ1n) is 5.24. The van der Waals surface area contributed by atoms with Crippen molar-refractivity contribution in [3.63, 3.8) is 0 Å². The van der Waals surface area contributed by atoms with Crippen molar-refractivity contribution in [2.45, 2.75) is 40.0 Å². The molecule has 0 aromatic rings. The third-order valence-corrected chi connectivity index (χ3v) is 1.67. The Morgan fingerprint density at radius 3 is 2.29 bits per heavy atom. The molecule has 3 heteroatoms. The van der Waals surface area contributed by atoms with E-state index in [0.29, 0.717) is 13.2 Å². The molecule has 0 aliphatic carbocycles. The van der Waals surface area contributed by atoms with Crippen LogP contribution in [0.25, 0.3) is 0 Å². The average Bonchev–Trinajstić information content (AvgIpc) is 2.15. The summed E-state index contributed by atoms with van der Waals surface area (Å²) in [6.07, 6.45) is 4.38. The van der Waals surface area contributed by atoms with Crippen molar-refractivity contribution in [2.75, 3.05) is 13.2 Å². The third kappa shape index (κ3) is 6.52. The Balaban J connectivity index is 4.08. The predicted octanol–water partition coefficient (Wildman–Crippen LogP) is 2.66. The Morgan fingerprint density at radius 1 is 1.14 bits per heavy atom. The number of carbonyl (C=O) groups is 1. The van der Waals surface area contributed by atoms with Gasteiger partial charge in [-0.05, 0) is 20.3 Å². The maximum absolute atomic E-state index is 11.1. The third-order valence-electron chi connectivity index (χ3n) is 1.67. The van der Waals surface area contributed by atoms with E-state index in [0.717, 1.165) is 25.0 Å². The van der Waals surface area contributed by atoms with E-state index < -0.39 is 0 Å². The fourth-order valence-corrected chi connectivity index (χ4v) is 1.04. The van der Waals surface area contributed by atoms with Crippen molar-refractivity contribution in [1.82, 2.24) is 0 Å². The Morgan fingerprint density at radius 2 is 1.79 bits per heavy atom. The first-order chi connectivity index (χ1) is 6.74. The molecule has 0 spiro atoms. The minimum Gasteiger partial charge on any atom is -0.498 e. The lowest BCUT2D eigenvalue weighted by Gasteiger charge is -2.07. The number of allylic oxidation sites excluding steroid dienone is 1. The Kier molecular flexibility index (Phi) is 7.99. The van der Waals surface area contributed by atoms with Crippen LogP contribution in [-0.4, -0.2) is 19.2 Å². The summed E-state index contributed by atoms with van der Waals surface area (Å²) in [5.41, 5.74) is 0. The van der Waals surface area contributed by atoms with E-state index in [4.69, 9.17) is 9.47 Å². The molecule has 82 valence electrons. The molecule has 0 aliphatic heterocycles. The summed E-state index contributed by atoms with van der Waals surface area (Å²) in [5.74, 6) is 0.417. The summed E-state index contributed by atoms with van der Waals surface area (Å²) >= 11 is 0. The molecule has 0 N–H and O–H groups in total. The molecule has 0 bridgehead atoms. The van der Waals surface area contributed by atoms with Crippen LogP contribution in [0.4, 0.5) is 0 Å². The van der Waals surface area contributed by atoms with Crippen molar-refractivity contribution in [2.24, 2.45) is 0 Å².